The molecule has 3 rings (SSSR count). The van der Waals surface area contributed by atoms with Crippen molar-refractivity contribution < 1.29 is 0 Å². The zero-order valence-corrected chi connectivity index (χ0v) is 9.60. The average Bonchev–Trinajstić information content (AvgIpc) is 2.54. The van der Waals surface area contributed by atoms with Gasteiger partial charge in [-0.25, -0.2) is 0 Å². The van der Waals surface area contributed by atoms with E-state index in [4.69, 9.17) is 0 Å². The quantitative estimate of drug-likeness (QED) is 0.565. The highest BCUT2D eigenvalue weighted by Crippen LogP contribution is 2.35. The third-order valence-electron chi connectivity index (χ3n) is 3.72. The van der Waals surface area contributed by atoms with Gasteiger partial charge >= 0.3 is 0 Å². The molecule has 0 radical (unpaired) electrons. The van der Waals surface area contributed by atoms with Crippen molar-refractivity contribution in [3.8, 4) is 0 Å². The largest absolute Gasteiger partial charge is 0.0813 e. The topological polar surface area (TPSA) is 0 Å². The molecule has 0 aromatic rings. The first-order valence-electron chi connectivity index (χ1n) is 6.37. The maximum atomic E-state index is 2.45. The van der Waals surface area contributed by atoms with E-state index in [1.54, 1.807) is 11.1 Å². The molecule has 2 atom stereocenters. The summed E-state index contributed by atoms with van der Waals surface area (Å²) in [6, 6.07) is 0. The van der Waals surface area contributed by atoms with E-state index >= 15 is 0 Å². The van der Waals surface area contributed by atoms with Crippen molar-refractivity contribution in [3.05, 3.63) is 59.8 Å². The van der Waals surface area contributed by atoms with Crippen LogP contribution in [-0.4, -0.2) is 0 Å². The summed E-state index contributed by atoms with van der Waals surface area (Å²) in [5.41, 5.74) is 3.13. The molecule has 0 fully saturated rings. The van der Waals surface area contributed by atoms with E-state index < -0.39 is 0 Å². The van der Waals surface area contributed by atoms with Gasteiger partial charge in [0.05, 0.1) is 0 Å². The van der Waals surface area contributed by atoms with Gasteiger partial charge in [-0.1, -0.05) is 54.2 Å². The molecule has 0 aromatic carbocycles. The predicted molar refractivity (Wildman–Crippen MR) is 69.0 cm³/mol. The number of allylic oxidation sites excluding steroid dienone is 10. The molecule has 3 aliphatic carbocycles. The molecule has 0 unspecified atom stereocenters. The number of hydrogen-bond acceptors (Lipinski definition) is 0. The van der Waals surface area contributed by atoms with Crippen molar-refractivity contribution in [2.75, 3.05) is 0 Å². The second-order valence-corrected chi connectivity index (χ2v) is 4.88. The maximum Gasteiger partial charge on any atom is 0.0173 e. The van der Waals surface area contributed by atoms with Gasteiger partial charge in [0.25, 0.3) is 0 Å². The molecule has 0 heterocycles. The lowest BCUT2D eigenvalue weighted by Gasteiger charge is -2.14. The second-order valence-electron chi connectivity index (χ2n) is 4.88. The SMILES string of the molecule is C1=C[C@@H]2C=C[C@H](C=C1)C2=CC1=CCCCC1. The van der Waals surface area contributed by atoms with Crippen LogP contribution in [-0.2, 0) is 0 Å². The molecular weight excluding hydrogens is 192 g/mol. The first kappa shape index (κ1) is 9.89. The van der Waals surface area contributed by atoms with Crippen LogP contribution in [0.1, 0.15) is 25.7 Å². The van der Waals surface area contributed by atoms with Gasteiger partial charge in [-0.15, -0.1) is 0 Å². The molecule has 82 valence electrons. The molecule has 0 N–H and O–H groups in total. The Morgan fingerprint density at radius 1 is 0.938 bits per heavy atom. The van der Waals surface area contributed by atoms with Crippen molar-refractivity contribution in [2.24, 2.45) is 11.8 Å². The molecule has 0 aromatic heterocycles. The summed E-state index contributed by atoms with van der Waals surface area (Å²) >= 11 is 0. The number of hydrogen-bond donors (Lipinski definition) is 0. The Bertz CT molecular complexity index is 391. The van der Waals surface area contributed by atoms with Crippen molar-refractivity contribution in [1.29, 1.82) is 0 Å². The molecule has 0 saturated carbocycles. The predicted octanol–water partition coefficient (Wildman–Crippen LogP) is 4.34. The first-order chi connectivity index (χ1) is 7.93. The molecule has 0 saturated heterocycles. The fourth-order valence-electron chi connectivity index (χ4n) is 2.80. The molecule has 16 heavy (non-hydrogen) atoms. The Morgan fingerprint density at radius 2 is 1.69 bits per heavy atom. The lowest BCUT2D eigenvalue weighted by molar-refractivity contribution is 0.709. The van der Waals surface area contributed by atoms with Crippen LogP contribution in [0.4, 0.5) is 0 Å². The van der Waals surface area contributed by atoms with Crippen molar-refractivity contribution in [1.82, 2.24) is 0 Å². The van der Waals surface area contributed by atoms with Crippen molar-refractivity contribution in [2.45, 2.75) is 25.7 Å². The summed E-state index contributed by atoms with van der Waals surface area (Å²) in [6.07, 6.45) is 23.8. The summed E-state index contributed by atoms with van der Waals surface area (Å²) < 4.78 is 0. The van der Waals surface area contributed by atoms with E-state index in [0.717, 1.165) is 0 Å². The van der Waals surface area contributed by atoms with Gasteiger partial charge in [0.1, 0.15) is 0 Å². The fraction of sp³-hybridized carbons (Fsp3) is 0.375. The van der Waals surface area contributed by atoms with Crippen LogP contribution < -0.4 is 0 Å². The standard InChI is InChI=1S/C16H18/c1-2-6-13(7-3-1)12-16-14-8-4-5-9-15(16)11-10-14/h4-6,8-12,14-15H,1-3,7H2/t14-,15+. The molecule has 2 bridgehead atoms. The first-order valence-corrected chi connectivity index (χ1v) is 6.37. The molecule has 0 nitrogen and oxygen atoms in total. The number of fused-ring (bicyclic) bond motifs is 2. The van der Waals surface area contributed by atoms with E-state index in [1.165, 1.54) is 25.7 Å². The van der Waals surface area contributed by atoms with Gasteiger partial charge in [0.15, 0.2) is 0 Å². The van der Waals surface area contributed by atoms with E-state index in [0.29, 0.717) is 11.8 Å². The summed E-state index contributed by atoms with van der Waals surface area (Å²) in [5, 5.41) is 0. The van der Waals surface area contributed by atoms with Gasteiger partial charge in [0.2, 0.25) is 0 Å². The van der Waals surface area contributed by atoms with Crippen LogP contribution in [0, 0.1) is 11.8 Å². The summed E-state index contributed by atoms with van der Waals surface area (Å²) in [6.45, 7) is 0. The van der Waals surface area contributed by atoms with E-state index in [1.807, 2.05) is 0 Å². The lowest BCUT2D eigenvalue weighted by atomic mass is 9.90. The van der Waals surface area contributed by atoms with E-state index in [9.17, 15) is 0 Å². The minimum atomic E-state index is 0.544. The highest BCUT2D eigenvalue weighted by atomic mass is 14.3. The third-order valence-corrected chi connectivity index (χ3v) is 3.72. The monoisotopic (exact) mass is 210 g/mol. The summed E-state index contributed by atoms with van der Waals surface area (Å²) in [7, 11) is 0. The Hall–Kier alpha value is -1.30. The van der Waals surface area contributed by atoms with E-state index in [-0.39, 0.29) is 0 Å². The Morgan fingerprint density at radius 3 is 2.31 bits per heavy atom. The summed E-state index contributed by atoms with van der Waals surface area (Å²) in [5.74, 6) is 1.09. The lowest BCUT2D eigenvalue weighted by Crippen LogP contribution is -2.00. The van der Waals surface area contributed by atoms with Gasteiger partial charge in [-0.05, 0) is 31.3 Å². The van der Waals surface area contributed by atoms with Crippen LogP contribution >= 0.6 is 0 Å². The molecular formula is C16H18. The third kappa shape index (κ3) is 1.84. The van der Waals surface area contributed by atoms with E-state index in [2.05, 4.69) is 48.6 Å². The van der Waals surface area contributed by atoms with Gasteiger partial charge in [0, 0.05) is 11.8 Å². The van der Waals surface area contributed by atoms with Crippen LogP contribution in [0.3, 0.4) is 0 Å². The second kappa shape index (κ2) is 4.29. The Labute approximate surface area is 97.7 Å². The molecule has 3 aliphatic rings. The molecule has 0 aliphatic heterocycles. The van der Waals surface area contributed by atoms with Gasteiger partial charge < -0.3 is 0 Å². The Balaban J connectivity index is 1.90. The highest BCUT2D eigenvalue weighted by Gasteiger charge is 2.22. The zero-order valence-electron chi connectivity index (χ0n) is 9.60. The summed E-state index contributed by atoms with van der Waals surface area (Å²) in [4.78, 5) is 0. The van der Waals surface area contributed by atoms with Gasteiger partial charge in [-0.3, -0.25) is 0 Å². The normalized spacial score (nSPS) is 34.2. The highest BCUT2D eigenvalue weighted by molar-refractivity contribution is 5.43. The van der Waals surface area contributed by atoms with Crippen molar-refractivity contribution >= 4 is 0 Å². The van der Waals surface area contributed by atoms with Crippen LogP contribution in [0.25, 0.3) is 0 Å². The van der Waals surface area contributed by atoms with Crippen molar-refractivity contribution in [3.63, 3.8) is 0 Å². The van der Waals surface area contributed by atoms with Crippen LogP contribution in [0.15, 0.2) is 59.8 Å². The maximum absolute atomic E-state index is 2.45. The average molecular weight is 210 g/mol. The van der Waals surface area contributed by atoms with Crippen LogP contribution in [0.2, 0.25) is 0 Å². The minimum Gasteiger partial charge on any atom is -0.0813 e. The zero-order chi connectivity index (χ0) is 10.8. The van der Waals surface area contributed by atoms with Gasteiger partial charge in [-0.2, -0.15) is 0 Å². The molecule has 0 heteroatoms. The molecule has 0 spiro atoms. The van der Waals surface area contributed by atoms with Crippen LogP contribution in [0.5, 0.6) is 0 Å². The fourth-order valence-corrected chi connectivity index (χ4v) is 2.80. The Kier molecular flexibility index (Phi) is 2.65. The number of rotatable bonds is 1. The minimum absolute atomic E-state index is 0.544. The smallest absolute Gasteiger partial charge is 0.0173 e. The molecule has 0 amide bonds.